The number of aromatic hydroxyl groups is 1. The molecule has 10 heteroatoms. The number of hydrogen-bond acceptors (Lipinski definition) is 7. The Labute approximate surface area is 210 Å². The molecule has 1 aliphatic rings. The van der Waals surface area contributed by atoms with Crippen molar-refractivity contribution in [1.29, 1.82) is 0 Å². The molecule has 3 rings (SSSR count). The van der Waals surface area contributed by atoms with E-state index in [1.165, 1.54) is 24.1 Å². The average molecular weight is 500 g/mol. The number of nitrogens with one attached hydrogen (secondary N) is 2. The number of hydrogen-bond donors (Lipinski definition) is 4. The second-order valence-electron chi connectivity index (χ2n) is 9.57. The molecular weight excluding hydrogens is 466 g/mol. The molecule has 194 valence electrons. The maximum absolute atomic E-state index is 13.6. The zero-order chi connectivity index (χ0) is 26.5. The molecule has 2 aromatic carbocycles. The normalized spacial score (nSPS) is 14.8. The highest BCUT2D eigenvalue weighted by atomic mass is 16.6. The number of aliphatic hydroxyl groups is 1. The number of aliphatic hydroxyl groups excluding tert-OH is 1. The average Bonchev–Trinajstić information content (AvgIpc) is 3.65. The van der Waals surface area contributed by atoms with Crippen LogP contribution in [0, 0.1) is 0 Å². The van der Waals surface area contributed by atoms with Crippen molar-refractivity contribution in [2.24, 2.45) is 0 Å². The topological polar surface area (TPSA) is 137 Å². The number of anilines is 1. The molecule has 10 nitrogen and oxygen atoms in total. The molecule has 0 bridgehead atoms. The number of amides is 3. The molecule has 0 aromatic heterocycles. The van der Waals surface area contributed by atoms with Crippen LogP contribution in [-0.2, 0) is 14.3 Å². The molecule has 1 aliphatic carbocycles. The van der Waals surface area contributed by atoms with Gasteiger partial charge < -0.3 is 35.2 Å². The van der Waals surface area contributed by atoms with Gasteiger partial charge in [0, 0.05) is 11.7 Å². The van der Waals surface area contributed by atoms with Crippen molar-refractivity contribution in [3.05, 3.63) is 54.1 Å². The molecule has 0 spiro atoms. The summed E-state index contributed by atoms with van der Waals surface area (Å²) >= 11 is 0. The van der Waals surface area contributed by atoms with Crippen LogP contribution in [0.1, 0.15) is 45.2 Å². The lowest BCUT2D eigenvalue weighted by Gasteiger charge is -2.34. The minimum absolute atomic E-state index is 0.0662. The Morgan fingerprint density at radius 2 is 1.78 bits per heavy atom. The van der Waals surface area contributed by atoms with Crippen molar-refractivity contribution in [3.63, 3.8) is 0 Å². The predicted octanol–water partition coefficient (Wildman–Crippen LogP) is 2.96. The first-order chi connectivity index (χ1) is 17.0. The van der Waals surface area contributed by atoms with Crippen molar-refractivity contribution in [2.75, 3.05) is 19.0 Å². The van der Waals surface area contributed by atoms with E-state index in [4.69, 9.17) is 9.47 Å². The summed E-state index contributed by atoms with van der Waals surface area (Å²) in [5, 5.41) is 25.3. The van der Waals surface area contributed by atoms with Crippen LogP contribution in [-0.4, -0.2) is 64.4 Å². The fraction of sp³-hybridized carbons (Fsp3) is 0.423. The molecule has 36 heavy (non-hydrogen) atoms. The van der Waals surface area contributed by atoms with Gasteiger partial charge in [0.1, 0.15) is 29.2 Å². The van der Waals surface area contributed by atoms with Gasteiger partial charge in [-0.05, 0) is 75.6 Å². The van der Waals surface area contributed by atoms with Gasteiger partial charge in [0.15, 0.2) is 0 Å². The molecule has 1 saturated carbocycles. The summed E-state index contributed by atoms with van der Waals surface area (Å²) in [7, 11) is 1.54. The number of carbonyl (C=O) groups excluding carboxylic acids is 3. The SMILES string of the molecule is COc1ccc(NC(=O)C(c2cccc(O)c2)N(C(=O)C(CO)NC(=O)OC(C)(C)C)C2CC2)cc1. The highest BCUT2D eigenvalue weighted by Gasteiger charge is 2.44. The number of carbonyl (C=O) groups is 3. The third-order valence-corrected chi connectivity index (χ3v) is 5.44. The van der Waals surface area contributed by atoms with E-state index in [2.05, 4.69) is 10.6 Å². The second-order valence-corrected chi connectivity index (χ2v) is 9.57. The summed E-state index contributed by atoms with van der Waals surface area (Å²) in [6, 6.07) is 10.1. The Bertz CT molecular complexity index is 1080. The lowest BCUT2D eigenvalue weighted by molar-refractivity contribution is -0.142. The van der Waals surface area contributed by atoms with Gasteiger partial charge in [-0.3, -0.25) is 9.59 Å². The Balaban J connectivity index is 1.92. The number of phenols is 1. The van der Waals surface area contributed by atoms with Crippen LogP contribution in [0.25, 0.3) is 0 Å². The summed E-state index contributed by atoms with van der Waals surface area (Å²) in [4.78, 5) is 40.9. The van der Waals surface area contributed by atoms with Gasteiger partial charge in [0.25, 0.3) is 5.91 Å². The van der Waals surface area contributed by atoms with E-state index in [1.54, 1.807) is 57.2 Å². The molecule has 0 heterocycles. The lowest BCUT2D eigenvalue weighted by atomic mass is 10.0. The Morgan fingerprint density at radius 1 is 1.11 bits per heavy atom. The van der Waals surface area contributed by atoms with Gasteiger partial charge in [-0.25, -0.2) is 4.79 Å². The number of benzene rings is 2. The van der Waals surface area contributed by atoms with E-state index in [0.717, 1.165) is 0 Å². The van der Waals surface area contributed by atoms with Gasteiger partial charge in [0.2, 0.25) is 5.91 Å². The van der Waals surface area contributed by atoms with Crippen LogP contribution < -0.4 is 15.4 Å². The van der Waals surface area contributed by atoms with Gasteiger partial charge in [-0.1, -0.05) is 12.1 Å². The van der Waals surface area contributed by atoms with E-state index in [9.17, 15) is 24.6 Å². The van der Waals surface area contributed by atoms with Crippen LogP contribution in [0.15, 0.2) is 48.5 Å². The molecule has 3 amide bonds. The number of methoxy groups -OCH3 is 1. The Morgan fingerprint density at radius 3 is 2.31 bits per heavy atom. The monoisotopic (exact) mass is 499 g/mol. The predicted molar refractivity (Wildman–Crippen MR) is 133 cm³/mol. The smallest absolute Gasteiger partial charge is 0.408 e. The minimum atomic E-state index is -1.32. The van der Waals surface area contributed by atoms with E-state index < -0.39 is 42.2 Å². The first-order valence-electron chi connectivity index (χ1n) is 11.7. The summed E-state index contributed by atoms with van der Waals surface area (Å²) < 4.78 is 10.4. The zero-order valence-corrected chi connectivity index (χ0v) is 20.9. The molecule has 4 N–H and O–H groups in total. The molecule has 0 aliphatic heterocycles. The second kappa shape index (κ2) is 11.3. The third kappa shape index (κ3) is 7.11. The van der Waals surface area contributed by atoms with Crippen molar-refractivity contribution >= 4 is 23.6 Å². The molecular formula is C26H33N3O7. The largest absolute Gasteiger partial charge is 0.508 e. The van der Waals surface area contributed by atoms with E-state index in [1.807, 2.05) is 0 Å². The standard InChI is InChI=1S/C26H33N3O7/c1-26(2,3)36-25(34)28-21(15-30)24(33)29(18-10-11-18)22(16-6-5-7-19(31)14-16)23(32)27-17-8-12-20(35-4)13-9-17/h5-9,12-14,18,21-22,30-31H,10-11,15H2,1-4H3,(H,27,32)(H,28,34). The fourth-order valence-corrected chi connectivity index (χ4v) is 3.70. The quantitative estimate of drug-likeness (QED) is 0.416. The Kier molecular flexibility index (Phi) is 8.41. The highest BCUT2D eigenvalue weighted by Crippen LogP contribution is 2.37. The van der Waals surface area contributed by atoms with E-state index >= 15 is 0 Å². The minimum Gasteiger partial charge on any atom is -0.508 e. The summed E-state index contributed by atoms with van der Waals surface area (Å²) in [5.74, 6) is -0.598. The van der Waals surface area contributed by atoms with Crippen LogP contribution in [0.5, 0.6) is 11.5 Å². The summed E-state index contributed by atoms with van der Waals surface area (Å²) in [5.41, 5.74) is 0.0704. The van der Waals surface area contributed by atoms with Gasteiger partial charge in [-0.2, -0.15) is 0 Å². The summed E-state index contributed by atoms with van der Waals surface area (Å²) in [6.07, 6.45) is 0.449. The first kappa shape index (κ1) is 26.8. The maximum atomic E-state index is 13.6. The highest BCUT2D eigenvalue weighted by molar-refractivity contribution is 5.99. The van der Waals surface area contributed by atoms with Crippen molar-refractivity contribution in [3.8, 4) is 11.5 Å². The van der Waals surface area contributed by atoms with Gasteiger partial charge >= 0.3 is 6.09 Å². The van der Waals surface area contributed by atoms with Crippen LogP contribution in [0.4, 0.5) is 10.5 Å². The number of phenolic OH excluding ortho intramolecular Hbond substituents is 1. The molecule has 0 radical (unpaired) electrons. The maximum Gasteiger partial charge on any atom is 0.408 e. The van der Waals surface area contributed by atoms with Crippen molar-refractivity contribution < 1.29 is 34.1 Å². The lowest BCUT2D eigenvalue weighted by Crippen LogP contribution is -2.54. The van der Waals surface area contributed by atoms with E-state index in [-0.39, 0.29) is 11.8 Å². The number of ether oxygens (including phenoxy) is 2. The van der Waals surface area contributed by atoms with E-state index in [0.29, 0.717) is 29.8 Å². The molecule has 0 saturated heterocycles. The first-order valence-corrected chi connectivity index (χ1v) is 11.7. The van der Waals surface area contributed by atoms with Crippen LogP contribution in [0.3, 0.4) is 0 Å². The van der Waals surface area contributed by atoms with Crippen molar-refractivity contribution in [1.82, 2.24) is 10.2 Å². The zero-order valence-electron chi connectivity index (χ0n) is 20.9. The Hall–Kier alpha value is -3.79. The molecule has 2 atom stereocenters. The van der Waals surface area contributed by atoms with Crippen LogP contribution in [0.2, 0.25) is 0 Å². The molecule has 2 unspecified atom stereocenters. The van der Waals surface area contributed by atoms with Crippen LogP contribution >= 0.6 is 0 Å². The van der Waals surface area contributed by atoms with Gasteiger partial charge in [-0.15, -0.1) is 0 Å². The molecule has 1 fully saturated rings. The number of nitrogens with zero attached hydrogens (tertiary/aromatic N) is 1. The number of rotatable bonds is 9. The van der Waals surface area contributed by atoms with Gasteiger partial charge in [0.05, 0.1) is 13.7 Å². The summed E-state index contributed by atoms with van der Waals surface area (Å²) in [6.45, 7) is 4.36. The third-order valence-electron chi connectivity index (χ3n) is 5.44. The number of alkyl carbamates (subject to hydrolysis) is 1. The van der Waals surface area contributed by atoms with Crippen molar-refractivity contribution in [2.45, 2.75) is 57.3 Å². The fourth-order valence-electron chi connectivity index (χ4n) is 3.70. The molecule has 2 aromatic rings.